The summed E-state index contributed by atoms with van der Waals surface area (Å²) in [6.07, 6.45) is 0.141. The number of nitrogens with one attached hydrogen (secondary N) is 2. The number of halogens is 1. The monoisotopic (exact) mass is 555 g/mol. The van der Waals surface area contributed by atoms with Gasteiger partial charge < -0.3 is 10.6 Å². The summed E-state index contributed by atoms with van der Waals surface area (Å²) in [4.78, 5) is 39.6. The molecule has 32 heavy (non-hydrogen) atoms. The molecule has 3 aromatic carbocycles. The van der Waals surface area contributed by atoms with Crippen LogP contribution in [0.15, 0.2) is 78.9 Å². The Hall–Kier alpha value is -2.71. The molecule has 0 spiro atoms. The van der Waals surface area contributed by atoms with Crippen molar-refractivity contribution < 1.29 is 14.4 Å². The third kappa shape index (κ3) is 4.86. The number of rotatable bonds is 6. The van der Waals surface area contributed by atoms with E-state index in [2.05, 4.69) is 42.1 Å². The number of carbonyl (C=O) groups is 3. The SMILES string of the molecule is O=C(Nc1ccc(Nc2ccccc2)cc1)c1ccccc1N1C(=O)CC(B(P)I)C1=O. The van der Waals surface area contributed by atoms with E-state index in [-0.39, 0.29) is 34.0 Å². The fourth-order valence-corrected chi connectivity index (χ4v) is 4.40. The second-order valence-corrected chi connectivity index (χ2v) is 10.9. The van der Waals surface area contributed by atoms with Gasteiger partial charge in [0, 0.05) is 29.3 Å². The van der Waals surface area contributed by atoms with E-state index >= 15 is 0 Å². The summed E-state index contributed by atoms with van der Waals surface area (Å²) in [5.41, 5.74) is 3.05. The second-order valence-electron chi connectivity index (χ2n) is 7.36. The molecule has 0 bridgehead atoms. The van der Waals surface area contributed by atoms with E-state index in [1.54, 1.807) is 36.4 Å². The molecule has 1 heterocycles. The van der Waals surface area contributed by atoms with Gasteiger partial charge in [0.1, 0.15) is 0 Å². The lowest BCUT2D eigenvalue weighted by Gasteiger charge is -2.19. The number of benzene rings is 3. The highest BCUT2D eigenvalue weighted by atomic mass is 127. The first-order valence-corrected chi connectivity index (χ1v) is 11.9. The predicted molar refractivity (Wildman–Crippen MR) is 141 cm³/mol. The molecule has 1 aliphatic rings. The highest BCUT2D eigenvalue weighted by molar-refractivity contribution is 14.1. The van der Waals surface area contributed by atoms with E-state index in [0.717, 1.165) is 16.3 Å². The summed E-state index contributed by atoms with van der Waals surface area (Å²) >= 11 is 2.12. The van der Waals surface area contributed by atoms with E-state index in [0.29, 0.717) is 11.4 Å². The van der Waals surface area contributed by atoms with Crippen molar-refractivity contribution in [3.8, 4) is 0 Å². The van der Waals surface area contributed by atoms with Gasteiger partial charge >= 0.3 is 0 Å². The maximum absolute atomic E-state index is 13.0. The van der Waals surface area contributed by atoms with Crippen LogP contribution in [0.5, 0.6) is 0 Å². The molecule has 2 unspecified atom stereocenters. The van der Waals surface area contributed by atoms with Crippen molar-refractivity contribution in [2.24, 2.45) is 0 Å². The lowest BCUT2D eigenvalue weighted by atomic mass is 9.84. The van der Waals surface area contributed by atoms with Gasteiger partial charge in [-0.3, -0.25) is 19.3 Å². The lowest BCUT2D eigenvalue weighted by molar-refractivity contribution is -0.121. The van der Waals surface area contributed by atoms with Gasteiger partial charge in [-0.25, -0.2) is 0 Å². The van der Waals surface area contributed by atoms with Crippen molar-refractivity contribution in [2.75, 3.05) is 15.5 Å². The Bertz CT molecular complexity index is 1160. The predicted octanol–water partition coefficient (Wildman–Crippen LogP) is 5.11. The van der Waals surface area contributed by atoms with Crippen LogP contribution in [0.4, 0.5) is 22.7 Å². The topological polar surface area (TPSA) is 78.5 Å². The van der Waals surface area contributed by atoms with Crippen LogP contribution in [0.2, 0.25) is 5.82 Å². The Labute approximate surface area is 202 Å². The summed E-state index contributed by atoms with van der Waals surface area (Å²) in [6.45, 7) is 0. The number of carbonyl (C=O) groups excluding carboxylic acids is 3. The molecule has 1 aliphatic heterocycles. The molecule has 0 radical (unpaired) electrons. The maximum atomic E-state index is 13.0. The average Bonchev–Trinajstić information content (AvgIpc) is 3.10. The van der Waals surface area contributed by atoms with Crippen LogP contribution in [0.3, 0.4) is 0 Å². The first-order chi connectivity index (χ1) is 15.4. The van der Waals surface area contributed by atoms with Gasteiger partial charge in [0.15, 0.2) is 0 Å². The molecular formula is C23H20BIN3O3P. The van der Waals surface area contributed by atoms with Gasteiger partial charge in [-0.2, -0.15) is 9.12 Å². The zero-order valence-electron chi connectivity index (χ0n) is 17.0. The second kappa shape index (κ2) is 9.84. The van der Waals surface area contributed by atoms with Crippen molar-refractivity contribution in [3.05, 3.63) is 84.4 Å². The molecule has 2 N–H and O–H groups in total. The first-order valence-electron chi connectivity index (χ1n) is 10.0. The minimum absolute atomic E-state index is 0.0574. The van der Waals surface area contributed by atoms with Gasteiger partial charge in [0.2, 0.25) is 11.8 Å². The standard InChI is InChI=1S/C23H20BIN3O3P/c25-24(32)19-14-21(29)28(23(19)31)20-9-5-4-8-18(20)22(30)27-17-12-10-16(11-13-17)26-15-6-2-1-3-7-15/h1-13,19,26H,14,32H2,(H,27,30). The van der Waals surface area contributed by atoms with Crippen molar-refractivity contribution in [1.29, 1.82) is 0 Å². The molecule has 1 saturated heterocycles. The Kier molecular flexibility index (Phi) is 6.91. The maximum Gasteiger partial charge on any atom is 0.257 e. The number of nitrogens with zero attached hydrogens (tertiary/aromatic N) is 1. The molecule has 3 amide bonds. The Morgan fingerprint density at radius 2 is 1.50 bits per heavy atom. The molecule has 2 atom stereocenters. The summed E-state index contributed by atoms with van der Waals surface area (Å²) in [7, 11) is 2.57. The van der Waals surface area contributed by atoms with Gasteiger partial charge in [-0.05, 0) is 48.5 Å². The van der Waals surface area contributed by atoms with Crippen molar-refractivity contribution >= 4 is 76.3 Å². The zero-order valence-corrected chi connectivity index (χ0v) is 20.3. The normalized spacial score (nSPS) is 15.6. The van der Waals surface area contributed by atoms with Crippen molar-refractivity contribution in [2.45, 2.75) is 12.2 Å². The minimum atomic E-state index is -0.408. The van der Waals surface area contributed by atoms with Gasteiger partial charge in [0.05, 0.1) is 11.3 Å². The van der Waals surface area contributed by atoms with E-state index < -0.39 is 5.82 Å². The van der Waals surface area contributed by atoms with Crippen LogP contribution in [0, 0.1) is 0 Å². The molecule has 3 aromatic rings. The molecular weight excluding hydrogens is 535 g/mol. The van der Waals surface area contributed by atoms with Crippen LogP contribution in [-0.4, -0.2) is 22.0 Å². The summed E-state index contributed by atoms with van der Waals surface area (Å²) in [5, 5.41) is 6.14. The Balaban J connectivity index is 1.51. The average molecular weight is 555 g/mol. The Morgan fingerprint density at radius 1 is 0.906 bits per heavy atom. The zero-order chi connectivity index (χ0) is 22.7. The largest absolute Gasteiger partial charge is 0.356 e. The third-order valence-electron chi connectivity index (χ3n) is 5.16. The molecule has 4 rings (SSSR count). The van der Waals surface area contributed by atoms with Crippen LogP contribution >= 0.6 is 31.5 Å². The number of para-hydroxylation sites is 2. The van der Waals surface area contributed by atoms with E-state index in [9.17, 15) is 14.4 Å². The number of amides is 3. The molecule has 0 saturated carbocycles. The molecule has 9 heteroatoms. The highest BCUT2D eigenvalue weighted by Gasteiger charge is 2.43. The van der Waals surface area contributed by atoms with Crippen molar-refractivity contribution in [1.82, 2.24) is 0 Å². The third-order valence-corrected chi connectivity index (χ3v) is 6.49. The molecule has 160 valence electrons. The van der Waals surface area contributed by atoms with Gasteiger partial charge in [-0.1, -0.05) is 30.3 Å². The summed E-state index contributed by atoms with van der Waals surface area (Å²) in [5.74, 6) is -1.36. The van der Waals surface area contributed by atoms with E-state index in [1.165, 1.54) is 0 Å². The quantitative estimate of drug-likeness (QED) is 0.192. The number of hydrogen-bond acceptors (Lipinski definition) is 4. The fraction of sp³-hybridized carbons (Fsp3) is 0.0870. The molecule has 0 aliphatic carbocycles. The highest BCUT2D eigenvalue weighted by Crippen LogP contribution is 2.37. The minimum Gasteiger partial charge on any atom is -0.356 e. The first kappa shape index (κ1) is 22.5. The van der Waals surface area contributed by atoms with Crippen LogP contribution < -0.4 is 15.5 Å². The Morgan fingerprint density at radius 3 is 2.16 bits per heavy atom. The van der Waals surface area contributed by atoms with Gasteiger partial charge in [-0.15, -0.1) is 22.4 Å². The van der Waals surface area contributed by atoms with Crippen LogP contribution in [-0.2, 0) is 9.59 Å². The van der Waals surface area contributed by atoms with Gasteiger partial charge in [0.25, 0.3) is 10.2 Å². The summed E-state index contributed by atoms with van der Waals surface area (Å²) < 4.78 is -0.0574. The molecule has 1 fully saturated rings. The summed E-state index contributed by atoms with van der Waals surface area (Å²) in [6, 6.07) is 23.8. The smallest absolute Gasteiger partial charge is 0.257 e. The van der Waals surface area contributed by atoms with Crippen molar-refractivity contribution in [3.63, 3.8) is 0 Å². The number of hydrogen-bond donors (Lipinski definition) is 2. The number of imide groups is 1. The van der Waals surface area contributed by atoms with E-state index in [1.807, 2.05) is 42.5 Å². The van der Waals surface area contributed by atoms with Crippen LogP contribution in [0.25, 0.3) is 0 Å². The molecule has 6 nitrogen and oxygen atoms in total. The molecule has 0 aromatic heterocycles. The van der Waals surface area contributed by atoms with Crippen LogP contribution in [0.1, 0.15) is 16.8 Å². The fourth-order valence-electron chi connectivity index (χ4n) is 3.54. The number of anilines is 4. The van der Waals surface area contributed by atoms with E-state index in [4.69, 9.17) is 0 Å². The lowest BCUT2D eigenvalue weighted by Crippen LogP contribution is -2.32.